The Bertz CT molecular complexity index is 944. The quantitative estimate of drug-likeness (QED) is 0.705. The maximum absolute atomic E-state index is 12.4. The summed E-state index contributed by atoms with van der Waals surface area (Å²) in [5, 5.41) is 3.40. The van der Waals surface area contributed by atoms with Crippen molar-refractivity contribution >= 4 is 23.2 Å². The second kappa shape index (κ2) is 7.84. The van der Waals surface area contributed by atoms with Crippen LogP contribution in [0.15, 0.2) is 54.7 Å². The number of hydrogen-bond donors (Lipinski definition) is 1. The predicted molar refractivity (Wildman–Crippen MR) is 106 cm³/mol. The van der Waals surface area contributed by atoms with Crippen LogP contribution in [0.4, 0.5) is 5.69 Å². The van der Waals surface area contributed by atoms with E-state index in [0.29, 0.717) is 10.8 Å². The molecule has 2 heterocycles. The van der Waals surface area contributed by atoms with Crippen LogP contribution in [-0.2, 0) is 17.8 Å². The number of halogens is 1. The van der Waals surface area contributed by atoms with Gasteiger partial charge in [-0.2, -0.15) is 0 Å². The van der Waals surface area contributed by atoms with Gasteiger partial charge in [-0.1, -0.05) is 41.9 Å². The molecule has 1 amide bonds. The number of carbonyl (C=O) groups excluding carboxylic acids is 1. The number of ether oxygens (including phenoxy) is 1. The molecule has 2 aromatic carbocycles. The van der Waals surface area contributed by atoms with Gasteiger partial charge in [0.1, 0.15) is 11.6 Å². The molecule has 1 aliphatic heterocycles. The number of nitrogens with zero attached hydrogens (tertiary/aromatic N) is 2. The lowest BCUT2D eigenvalue weighted by Crippen LogP contribution is -2.20. The van der Waals surface area contributed by atoms with E-state index >= 15 is 0 Å². The normalized spacial score (nSPS) is 13.1. The maximum Gasteiger partial charge on any atom is 0.262 e. The second-order valence-electron chi connectivity index (χ2n) is 6.51. The average Bonchev–Trinajstić information content (AvgIpc) is 3.12. The zero-order valence-corrected chi connectivity index (χ0v) is 15.6. The van der Waals surface area contributed by atoms with Gasteiger partial charge in [0.05, 0.1) is 16.4 Å². The minimum atomic E-state index is -0.244. The van der Waals surface area contributed by atoms with Gasteiger partial charge in [0, 0.05) is 24.7 Å². The Balaban J connectivity index is 1.49. The van der Waals surface area contributed by atoms with Crippen molar-refractivity contribution in [1.29, 1.82) is 0 Å². The summed E-state index contributed by atoms with van der Waals surface area (Å²) in [7, 11) is 0. The minimum absolute atomic E-state index is 0.113. The van der Waals surface area contributed by atoms with Crippen molar-refractivity contribution < 1.29 is 9.53 Å². The van der Waals surface area contributed by atoms with E-state index in [9.17, 15) is 4.79 Å². The van der Waals surface area contributed by atoms with E-state index in [2.05, 4.69) is 16.1 Å². The van der Waals surface area contributed by atoms with Gasteiger partial charge in [-0.3, -0.25) is 4.79 Å². The molecule has 4 rings (SSSR count). The Morgan fingerprint density at radius 3 is 2.81 bits per heavy atom. The first-order valence-electron chi connectivity index (χ1n) is 9.03. The van der Waals surface area contributed by atoms with Gasteiger partial charge in [-0.25, -0.2) is 4.98 Å². The van der Waals surface area contributed by atoms with E-state index in [4.69, 9.17) is 21.3 Å². The first-order chi connectivity index (χ1) is 13.2. The van der Waals surface area contributed by atoms with Crippen LogP contribution in [0.1, 0.15) is 18.7 Å². The zero-order chi connectivity index (χ0) is 18.6. The largest absolute Gasteiger partial charge is 0.482 e. The molecule has 0 spiro atoms. The summed E-state index contributed by atoms with van der Waals surface area (Å²) in [6, 6.07) is 14.8. The molecule has 0 saturated carbocycles. The first kappa shape index (κ1) is 17.6. The Labute approximate surface area is 162 Å². The van der Waals surface area contributed by atoms with Crippen molar-refractivity contribution in [2.24, 2.45) is 0 Å². The topological polar surface area (TPSA) is 56.1 Å². The third-order valence-electron chi connectivity index (χ3n) is 4.58. The summed E-state index contributed by atoms with van der Waals surface area (Å²) in [6.07, 6.45) is 5.43. The van der Waals surface area contributed by atoms with E-state index in [1.54, 1.807) is 12.1 Å². The van der Waals surface area contributed by atoms with Gasteiger partial charge >= 0.3 is 0 Å². The number of imidazole rings is 1. The molecule has 27 heavy (non-hydrogen) atoms. The van der Waals surface area contributed by atoms with E-state index in [-0.39, 0.29) is 12.5 Å². The highest BCUT2D eigenvalue weighted by Crippen LogP contribution is 2.29. The average molecular weight is 382 g/mol. The molecule has 1 aromatic heterocycles. The lowest BCUT2D eigenvalue weighted by Gasteiger charge is -2.11. The molecule has 1 N–H and O–H groups in total. The van der Waals surface area contributed by atoms with E-state index in [1.165, 1.54) is 12.8 Å². The predicted octanol–water partition coefficient (Wildman–Crippen LogP) is 4.56. The summed E-state index contributed by atoms with van der Waals surface area (Å²) in [6.45, 7) is 0.889. The van der Waals surface area contributed by atoms with Gasteiger partial charge in [-0.15, -0.1) is 0 Å². The molecular weight excluding hydrogens is 362 g/mol. The highest BCUT2D eigenvalue weighted by Gasteiger charge is 2.16. The number of anilines is 1. The highest BCUT2D eigenvalue weighted by molar-refractivity contribution is 6.32. The lowest BCUT2D eigenvalue weighted by atomic mass is 10.1. The summed E-state index contributed by atoms with van der Waals surface area (Å²) < 4.78 is 7.73. The third kappa shape index (κ3) is 3.98. The lowest BCUT2D eigenvalue weighted by molar-refractivity contribution is -0.118. The van der Waals surface area contributed by atoms with Crippen LogP contribution in [0.5, 0.6) is 5.75 Å². The monoisotopic (exact) mass is 381 g/mol. The van der Waals surface area contributed by atoms with Gasteiger partial charge in [0.15, 0.2) is 6.61 Å². The van der Waals surface area contributed by atoms with Crippen molar-refractivity contribution in [3.05, 3.63) is 65.6 Å². The second-order valence-corrected chi connectivity index (χ2v) is 6.91. The molecule has 138 valence electrons. The van der Waals surface area contributed by atoms with Crippen LogP contribution in [0.25, 0.3) is 11.3 Å². The number of nitrogens with one attached hydrogen (secondary N) is 1. The number of fused-ring (bicyclic) bond motifs is 1. The molecule has 0 bridgehead atoms. The smallest absolute Gasteiger partial charge is 0.262 e. The molecular formula is C21H20ClN3O2. The third-order valence-corrected chi connectivity index (χ3v) is 4.89. The molecule has 3 aromatic rings. The molecule has 0 atom stereocenters. The first-order valence-corrected chi connectivity index (χ1v) is 9.41. The molecule has 0 fully saturated rings. The van der Waals surface area contributed by atoms with Crippen molar-refractivity contribution in [2.45, 2.75) is 25.8 Å². The van der Waals surface area contributed by atoms with Crippen LogP contribution in [-0.4, -0.2) is 22.1 Å². The highest BCUT2D eigenvalue weighted by atomic mass is 35.5. The van der Waals surface area contributed by atoms with Crippen molar-refractivity contribution in [2.75, 3.05) is 11.9 Å². The van der Waals surface area contributed by atoms with Gasteiger partial charge < -0.3 is 14.6 Å². The van der Waals surface area contributed by atoms with Gasteiger partial charge in [0.2, 0.25) is 0 Å². The van der Waals surface area contributed by atoms with Gasteiger partial charge in [0.25, 0.3) is 5.91 Å². The van der Waals surface area contributed by atoms with E-state index in [0.717, 1.165) is 35.7 Å². The molecule has 6 heteroatoms. The van der Waals surface area contributed by atoms with Crippen LogP contribution >= 0.6 is 11.6 Å². The van der Waals surface area contributed by atoms with Crippen molar-refractivity contribution in [3.8, 4) is 17.0 Å². The Morgan fingerprint density at radius 1 is 1.15 bits per heavy atom. The number of aryl methyl sites for hydroxylation is 2. The Kier molecular flexibility index (Phi) is 5.12. The minimum Gasteiger partial charge on any atom is -0.482 e. The van der Waals surface area contributed by atoms with Crippen LogP contribution in [0.3, 0.4) is 0 Å². The molecule has 0 unspecified atom stereocenters. The maximum atomic E-state index is 12.4. The molecule has 0 aliphatic carbocycles. The summed E-state index contributed by atoms with van der Waals surface area (Å²) in [4.78, 5) is 17.1. The number of para-hydroxylation sites is 2. The fourth-order valence-electron chi connectivity index (χ4n) is 3.25. The number of aromatic nitrogens is 2. The number of hydrogen-bond acceptors (Lipinski definition) is 3. The van der Waals surface area contributed by atoms with E-state index in [1.807, 2.05) is 36.4 Å². The summed E-state index contributed by atoms with van der Waals surface area (Å²) >= 11 is 6.06. The standard InChI is InChI=1S/C21H20ClN3O2/c22-16-8-2-4-10-19(16)27-14-21(26)24-17-9-3-1-7-15(17)18-13-25-12-6-5-11-20(25)23-18/h1-4,7-10,13H,5-6,11-12,14H2,(H,24,26). The van der Waals surface area contributed by atoms with E-state index < -0.39 is 0 Å². The molecule has 0 saturated heterocycles. The van der Waals surface area contributed by atoms with Crippen LogP contribution < -0.4 is 10.1 Å². The van der Waals surface area contributed by atoms with Crippen molar-refractivity contribution in [3.63, 3.8) is 0 Å². The zero-order valence-electron chi connectivity index (χ0n) is 14.8. The molecule has 5 nitrogen and oxygen atoms in total. The van der Waals surface area contributed by atoms with Gasteiger partial charge in [-0.05, 0) is 31.0 Å². The Hall–Kier alpha value is -2.79. The Morgan fingerprint density at radius 2 is 1.96 bits per heavy atom. The van der Waals surface area contributed by atoms with Crippen LogP contribution in [0, 0.1) is 0 Å². The van der Waals surface area contributed by atoms with Crippen LogP contribution in [0.2, 0.25) is 5.02 Å². The number of benzene rings is 2. The number of amides is 1. The number of rotatable bonds is 5. The number of carbonyl (C=O) groups is 1. The molecule has 1 aliphatic rings. The summed E-state index contributed by atoms with van der Waals surface area (Å²) in [5.41, 5.74) is 2.51. The molecule has 0 radical (unpaired) electrons. The SMILES string of the molecule is O=C(COc1ccccc1Cl)Nc1ccccc1-c1cn2c(n1)CCCC2. The summed E-state index contributed by atoms with van der Waals surface area (Å²) in [5.74, 6) is 1.36. The fraction of sp³-hybridized carbons (Fsp3) is 0.238. The van der Waals surface area contributed by atoms with Crippen molar-refractivity contribution in [1.82, 2.24) is 9.55 Å². The fourth-order valence-corrected chi connectivity index (χ4v) is 3.44.